The van der Waals surface area contributed by atoms with E-state index in [4.69, 9.17) is 23.2 Å². The van der Waals surface area contributed by atoms with Crippen molar-refractivity contribution in [1.29, 1.82) is 0 Å². The molecule has 1 unspecified atom stereocenters. The first-order chi connectivity index (χ1) is 11.7. The van der Waals surface area contributed by atoms with E-state index < -0.39 is 0 Å². The summed E-state index contributed by atoms with van der Waals surface area (Å²) in [5, 5.41) is 4.25. The standard InChI is InChI=1S/C21H25Cl2NO/c1-14(15-5-9-17(10-6-15)21(2,3)4)24-20(25)12-8-16-7-11-18(22)13-19(16)23/h5-7,9-11,13-14H,8,12H2,1-4H3,(H,24,25). The van der Waals surface area contributed by atoms with Crippen LogP contribution in [-0.4, -0.2) is 5.91 Å². The third-order valence-electron chi connectivity index (χ3n) is 4.29. The number of carbonyl (C=O) groups excluding carboxylic acids is 1. The number of hydrogen-bond donors (Lipinski definition) is 1. The lowest BCUT2D eigenvalue weighted by atomic mass is 9.86. The van der Waals surface area contributed by atoms with Crippen LogP contribution in [0.3, 0.4) is 0 Å². The third kappa shape index (κ3) is 5.76. The summed E-state index contributed by atoms with van der Waals surface area (Å²) >= 11 is 12.0. The zero-order valence-electron chi connectivity index (χ0n) is 15.2. The Morgan fingerprint density at radius 2 is 1.72 bits per heavy atom. The maximum absolute atomic E-state index is 12.2. The van der Waals surface area contributed by atoms with E-state index in [1.807, 2.05) is 13.0 Å². The molecule has 0 saturated heterocycles. The van der Waals surface area contributed by atoms with E-state index in [1.165, 1.54) is 5.56 Å². The molecule has 0 radical (unpaired) electrons. The first-order valence-corrected chi connectivity index (χ1v) is 9.26. The van der Waals surface area contributed by atoms with Gasteiger partial charge in [-0.15, -0.1) is 0 Å². The normalized spacial score (nSPS) is 12.7. The Bertz CT molecular complexity index is 733. The molecule has 0 aliphatic heterocycles. The third-order valence-corrected chi connectivity index (χ3v) is 4.88. The van der Waals surface area contributed by atoms with Crippen LogP contribution in [0.25, 0.3) is 0 Å². The second-order valence-electron chi connectivity index (χ2n) is 7.40. The lowest BCUT2D eigenvalue weighted by Gasteiger charge is -2.20. The van der Waals surface area contributed by atoms with E-state index in [-0.39, 0.29) is 17.4 Å². The summed E-state index contributed by atoms with van der Waals surface area (Å²) in [6, 6.07) is 13.8. The first kappa shape index (κ1) is 19.8. The summed E-state index contributed by atoms with van der Waals surface area (Å²) in [4.78, 5) is 12.2. The minimum absolute atomic E-state index is 0.0124. The van der Waals surface area contributed by atoms with Crippen molar-refractivity contribution in [1.82, 2.24) is 5.32 Å². The number of carbonyl (C=O) groups is 1. The zero-order valence-corrected chi connectivity index (χ0v) is 16.7. The number of halogens is 2. The van der Waals surface area contributed by atoms with Gasteiger partial charge in [-0.05, 0) is 47.6 Å². The molecule has 0 spiro atoms. The number of hydrogen-bond acceptors (Lipinski definition) is 1. The average molecular weight is 378 g/mol. The molecule has 4 heteroatoms. The lowest BCUT2D eigenvalue weighted by Crippen LogP contribution is -2.27. The van der Waals surface area contributed by atoms with E-state index in [0.717, 1.165) is 11.1 Å². The van der Waals surface area contributed by atoms with E-state index in [0.29, 0.717) is 22.9 Å². The van der Waals surface area contributed by atoms with Crippen molar-refractivity contribution < 1.29 is 4.79 Å². The van der Waals surface area contributed by atoms with E-state index in [1.54, 1.807) is 12.1 Å². The monoisotopic (exact) mass is 377 g/mol. The van der Waals surface area contributed by atoms with Gasteiger partial charge >= 0.3 is 0 Å². The van der Waals surface area contributed by atoms with Gasteiger partial charge in [0.05, 0.1) is 6.04 Å². The smallest absolute Gasteiger partial charge is 0.220 e. The summed E-state index contributed by atoms with van der Waals surface area (Å²) < 4.78 is 0. The second-order valence-corrected chi connectivity index (χ2v) is 8.24. The van der Waals surface area contributed by atoms with Gasteiger partial charge in [0, 0.05) is 16.5 Å². The molecule has 2 rings (SSSR count). The summed E-state index contributed by atoms with van der Waals surface area (Å²) in [6.45, 7) is 8.57. The molecule has 1 atom stereocenters. The van der Waals surface area contributed by atoms with Crippen LogP contribution in [0.1, 0.15) is 56.8 Å². The Morgan fingerprint density at radius 3 is 2.28 bits per heavy atom. The number of nitrogens with one attached hydrogen (secondary N) is 1. The van der Waals surface area contributed by atoms with Gasteiger partial charge in [0.25, 0.3) is 0 Å². The van der Waals surface area contributed by atoms with Crippen molar-refractivity contribution in [3.63, 3.8) is 0 Å². The second kappa shape index (κ2) is 8.25. The van der Waals surface area contributed by atoms with Crippen molar-refractivity contribution in [3.05, 3.63) is 69.2 Å². The fraction of sp³-hybridized carbons (Fsp3) is 0.381. The van der Waals surface area contributed by atoms with Crippen LogP contribution in [0.15, 0.2) is 42.5 Å². The summed E-state index contributed by atoms with van der Waals surface area (Å²) in [5.41, 5.74) is 3.45. The van der Waals surface area contributed by atoms with Crippen LogP contribution >= 0.6 is 23.2 Å². The van der Waals surface area contributed by atoms with Gasteiger partial charge in [-0.3, -0.25) is 4.79 Å². The van der Waals surface area contributed by atoms with E-state index in [2.05, 4.69) is 50.4 Å². The van der Waals surface area contributed by atoms with Gasteiger partial charge in [-0.25, -0.2) is 0 Å². The van der Waals surface area contributed by atoms with Crippen LogP contribution in [0.5, 0.6) is 0 Å². The predicted octanol–water partition coefficient (Wildman–Crippen LogP) is 6.10. The van der Waals surface area contributed by atoms with Gasteiger partial charge in [-0.2, -0.15) is 0 Å². The summed E-state index contributed by atoms with van der Waals surface area (Å²) in [5.74, 6) is 0.0124. The molecule has 134 valence electrons. The van der Waals surface area contributed by atoms with Crippen LogP contribution in [-0.2, 0) is 16.6 Å². The largest absolute Gasteiger partial charge is 0.350 e. The number of amides is 1. The zero-order chi connectivity index (χ0) is 18.6. The molecule has 0 aromatic heterocycles. The molecule has 2 aromatic rings. The van der Waals surface area contributed by atoms with Crippen molar-refractivity contribution >= 4 is 29.1 Å². The SMILES string of the molecule is CC(NC(=O)CCc1ccc(Cl)cc1Cl)c1ccc(C(C)(C)C)cc1. The lowest BCUT2D eigenvalue weighted by molar-refractivity contribution is -0.121. The molecule has 1 amide bonds. The molecule has 0 fully saturated rings. The highest BCUT2D eigenvalue weighted by Gasteiger charge is 2.15. The van der Waals surface area contributed by atoms with Crippen LogP contribution in [0.4, 0.5) is 0 Å². The fourth-order valence-electron chi connectivity index (χ4n) is 2.64. The highest BCUT2D eigenvalue weighted by atomic mass is 35.5. The van der Waals surface area contributed by atoms with Gasteiger partial charge in [0.1, 0.15) is 0 Å². The Kier molecular flexibility index (Phi) is 6.53. The molecular weight excluding hydrogens is 353 g/mol. The maximum Gasteiger partial charge on any atom is 0.220 e. The molecule has 0 saturated carbocycles. The summed E-state index contributed by atoms with van der Waals surface area (Å²) in [6.07, 6.45) is 0.989. The Morgan fingerprint density at radius 1 is 1.08 bits per heavy atom. The first-order valence-electron chi connectivity index (χ1n) is 8.50. The number of aryl methyl sites for hydroxylation is 1. The molecular formula is C21H25Cl2NO. The highest BCUT2D eigenvalue weighted by Crippen LogP contribution is 2.24. The Labute approximate surface area is 160 Å². The topological polar surface area (TPSA) is 29.1 Å². The van der Waals surface area contributed by atoms with Crippen LogP contribution < -0.4 is 5.32 Å². The Hall–Kier alpha value is -1.51. The predicted molar refractivity (Wildman–Crippen MR) is 106 cm³/mol. The molecule has 2 nitrogen and oxygen atoms in total. The highest BCUT2D eigenvalue weighted by molar-refractivity contribution is 6.35. The van der Waals surface area contributed by atoms with Gasteiger partial charge < -0.3 is 5.32 Å². The van der Waals surface area contributed by atoms with Crippen LogP contribution in [0.2, 0.25) is 10.0 Å². The van der Waals surface area contributed by atoms with Crippen molar-refractivity contribution in [2.45, 2.75) is 52.0 Å². The Balaban J connectivity index is 1.91. The van der Waals surface area contributed by atoms with Crippen molar-refractivity contribution in [2.75, 3.05) is 0 Å². The molecule has 2 aromatic carbocycles. The van der Waals surface area contributed by atoms with Gasteiger partial charge in [0.15, 0.2) is 0 Å². The fourth-order valence-corrected chi connectivity index (χ4v) is 3.14. The maximum atomic E-state index is 12.2. The quantitative estimate of drug-likeness (QED) is 0.669. The number of benzene rings is 2. The molecule has 0 aliphatic rings. The van der Waals surface area contributed by atoms with Gasteiger partial charge in [-0.1, -0.05) is 74.3 Å². The van der Waals surface area contributed by atoms with E-state index in [9.17, 15) is 4.79 Å². The van der Waals surface area contributed by atoms with E-state index >= 15 is 0 Å². The number of rotatable bonds is 5. The minimum Gasteiger partial charge on any atom is -0.350 e. The molecule has 0 bridgehead atoms. The average Bonchev–Trinajstić information content (AvgIpc) is 2.53. The molecule has 25 heavy (non-hydrogen) atoms. The minimum atomic E-state index is -0.0257. The summed E-state index contributed by atoms with van der Waals surface area (Å²) in [7, 11) is 0. The van der Waals surface area contributed by atoms with Crippen molar-refractivity contribution in [3.8, 4) is 0 Å². The molecule has 0 aliphatic carbocycles. The van der Waals surface area contributed by atoms with Gasteiger partial charge in [0.2, 0.25) is 5.91 Å². The molecule has 0 heterocycles. The van der Waals surface area contributed by atoms with Crippen LogP contribution in [0, 0.1) is 0 Å². The molecule has 1 N–H and O–H groups in total. The van der Waals surface area contributed by atoms with Crippen molar-refractivity contribution in [2.24, 2.45) is 0 Å².